The Morgan fingerprint density at radius 1 is 1.09 bits per heavy atom. The Morgan fingerprint density at radius 2 is 1.81 bits per heavy atom. The number of aliphatic hydroxyl groups is 2. The predicted molar refractivity (Wildman–Crippen MR) is 159 cm³/mol. The molecule has 1 saturated heterocycles. The first-order valence-corrected chi connectivity index (χ1v) is 15.4. The van der Waals surface area contributed by atoms with Gasteiger partial charge >= 0.3 is 12.0 Å². The van der Waals surface area contributed by atoms with Crippen LogP contribution < -0.4 is 5.32 Å². The molecular formula is C34H42N2O7. The molecule has 43 heavy (non-hydrogen) atoms. The van der Waals surface area contributed by atoms with Crippen LogP contribution in [0.5, 0.6) is 0 Å². The van der Waals surface area contributed by atoms with Crippen molar-refractivity contribution in [2.45, 2.75) is 65.5 Å². The number of hydrogen-bond donors (Lipinski definition) is 3. The topological polar surface area (TPSA) is 133 Å². The summed E-state index contributed by atoms with van der Waals surface area (Å²) in [5.74, 6) is -1.70. The highest BCUT2D eigenvalue weighted by Crippen LogP contribution is 2.76. The van der Waals surface area contributed by atoms with Gasteiger partial charge in [0.1, 0.15) is 12.6 Å². The van der Waals surface area contributed by atoms with Crippen LogP contribution in [0.2, 0.25) is 0 Å². The van der Waals surface area contributed by atoms with Crippen molar-refractivity contribution < 1.29 is 34.1 Å². The van der Waals surface area contributed by atoms with Gasteiger partial charge in [-0.1, -0.05) is 50.6 Å². The minimum atomic E-state index is -1.25. The van der Waals surface area contributed by atoms with Gasteiger partial charge in [-0.25, -0.2) is 9.59 Å². The van der Waals surface area contributed by atoms with Crippen LogP contribution in [0.1, 0.15) is 53.4 Å². The number of carbonyl (C=O) groups is 4. The SMILES string of the molecule is CCOC(=O)C1C2CC3C4CCC5=CC(=O)C=CC5(C)C4(C)C(O)CC3(C)C2(C(=O)CO)CN1C(=O)Nc1ccccc1. The van der Waals surface area contributed by atoms with Gasteiger partial charge in [-0.2, -0.15) is 0 Å². The lowest BCUT2D eigenvalue weighted by molar-refractivity contribution is -0.191. The number of hydrogen-bond acceptors (Lipinski definition) is 7. The zero-order chi connectivity index (χ0) is 30.9. The van der Waals surface area contributed by atoms with Crippen molar-refractivity contribution in [3.63, 3.8) is 0 Å². The second-order valence-corrected chi connectivity index (χ2v) is 13.8. The average Bonchev–Trinajstić information content (AvgIpc) is 3.45. The molecule has 2 amide bonds. The number of para-hydroxylation sites is 1. The van der Waals surface area contributed by atoms with Crippen molar-refractivity contribution in [2.24, 2.45) is 39.4 Å². The Morgan fingerprint density at radius 3 is 2.49 bits per heavy atom. The average molecular weight is 591 g/mol. The number of ketones is 2. The van der Waals surface area contributed by atoms with Gasteiger partial charge in [0.25, 0.3) is 0 Å². The number of ether oxygens (including phenoxy) is 1. The van der Waals surface area contributed by atoms with Crippen molar-refractivity contribution in [1.29, 1.82) is 0 Å². The number of amides is 2. The first-order valence-electron chi connectivity index (χ1n) is 15.4. The number of anilines is 1. The summed E-state index contributed by atoms with van der Waals surface area (Å²) in [6.07, 6.45) is 6.59. The van der Waals surface area contributed by atoms with E-state index in [2.05, 4.69) is 19.2 Å². The maximum atomic E-state index is 14.1. The summed E-state index contributed by atoms with van der Waals surface area (Å²) in [5, 5.41) is 25.4. The lowest BCUT2D eigenvalue weighted by atomic mass is 9.39. The molecule has 9 atom stereocenters. The molecule has 9 heteroatoms. The smallest absolute Gasteiger partial charge is 0.329 e. The third-order valence-corrected chi connectivity index (χ3v) is 12.5. The highest BCUT2D eigenvalue weighted by Gasteiger charge is 2.78. The van der Waals surface area contributed by atoms with Gasteiger partial charge in [-0.05, 0) is 74.1 Å². The highest BCUT2D eigenvalue weighted by atomic mass is 16.5. The van der Waals surface area contributed by atoms with Crippen molar-refractivity contribution >= 4 is 29.3 Å². The van der Waals surface area contributed by atoms with E-state index in [1.807, 2.05) is 19.1 Å². The lowest BCUT2D eigenvalue weighted by Gasteiger charge is -2.66. The molecule has 6 rings (SSSR count). The Hall–Kier alpha value is -3.30. The van der Waals surface area contributed by atoms with E-state index in [4.69, 9.17) is 4.74 Å². The molecule has 0 bridgehead atoms. The van der Waals surface area contributed by atoms with Crippen LogP contribution in [0.4, 0.5) is 10.5 Å². The van der Waals surface area contributed by atoms with E-state index in [0.717, 1.165) is 12.0 Å². The number of esters is 1. The van der Waals surface area contributed by atoms with Crippen molar-refractivity contribution in [3.05, 3.63) is 54.1 Å². The number of aliphatic hydroxyl groups excluding tert-OH is 2. The molecule has 1 aromatic rings. The predicted octanol–water partition coefficient (Wildman–Crippen LogP) is 3.91. The van der Waals surface area contributed by atoms with Gasteiger partial charge in [-0.15, -0.1) is 0 Å². The number of likely N-dealkylation sites (tertiary alicyclic amines) is 1. The van der Waals surface area contributed by atoms with Gasteiger partial charge in [0, 0.05) is 29.0 Å². The monoisotopic (exact) mass is 590 g/mol. The normalized spacial score (nSPS) is 41.0. The number of allylic oxidation sites excluding steroid dienone is 4. The minimum Gasteiger partial charge on any atom is -0.464 e. The fourth-order valence-electron chi connectivity index (χ4n) is 10.3. The number of benzene rings is 1. The molecular weight excluding hydrogens is 548 g/mol. The summed E-state index contributed by atoms with van der Waals surface area (Å²) in [6.45, 7) is 7.27. The molecule has 1 aliphatic heterocycles. The summed E-state index contributed by atoms with van der Waals surface area (Å²) >= 11 is 0. The van der Waals surface area contributed by atoms with E-state index >= 15 is 0 Å². The molecule has 0 aromatic heterocycles. The molecule has 5 aliphatic rings. The van der Waals surface area contributed by atoms with E-state index in [9.17, 15) is 29.4 Å². The fourth-order valence-corrected chi connectivity index (χ4v) is 10.3. The zero-order valence-corrected chi connectivity index (χ0v) is 25.3. The Bertz CT molecular complexity index is 1420. The van der Waals surface area contributed by atoms with Crippen LogP contribution in [-0.4, -0.2) is 70.6 Å². The van der Waals surface area contributed by atoms with E-state index in [0.29, 0.717) is 18.5 Å². The molecule has 0 spiro atoms. The van der Waals surface area contributed by atoms with Crippen LogP contribution in [0.25, 0.3) is 0 Å². The maximum Gasteiger partial charge on any atom is 0.329 e. The first-order chi connectivity index (χ1) is 20.4. The van der Waals surface area contributed by atoms with E-state index in [1.165, 1.54) is 4.90 Å². The molecule has 230 valence electrons. The lowest BCUT2D eigenvalue weighted by Crippen LogP contribution is -2.65. The molecule has 1 heterocycles. The number of urea groups is 1. The van der Waals surface area contributed by atoms with Crippen molar-refractivity contribution in [2.75, 3.05) is 25.1 Å². The number of Topliss-reactive ketones (excluding diaryl/α,β-unsaturated/α-hetero) is 1. The number of rotatable bonds is 5. The number of fused-ring (bicyclic) bond motifs is 7. The Balaban J connectivity index is 1.45. The van der Waals surface area contributed by atoms with Crippen LogP contribution in [0, 0.1) is 39.4 Å². The van der Waals surface area contributed by atoms with Crippen LogP contribution in [0.15, 0.2) is 54.1 Å². The molecule has 4 aliphatic carbocycles. The van der Waals surface area contributed by atoms with Gasteiger partial charge < -0.3 is 25.2 Å². The second-order valence-electron chi connectivity index (χ2n) is 13.8. The Labute approximate surface area is 252 Å². The Kier molecular flexibility index (Phi) is 7.01. The van der Waals surface area contributed by atoms with E-state index in [-0.39, 0.29) is 37.2 Å². The van der Waals surface area contributed by atoms with E-state index < -0.39 is 64.1 Å². The third kappa shape index (κ3) is 3.83. The molecule has 9 unspecified atom stereocenters. The van der Waals surface area contributed by atoms with Crippen molar-refractivity contribution in [3.8, 4) is 0 Å². The maximum absolute atomic E-state index is 14.1. The largest absolute Gasteiger partial charge is 0.464 e. The summed E-state index contributed by atoms with van der Waals surface area (Å²) in [4.78, 5) is 55.3. The second kappa shape index (κ2) is 10.1. The van der Waals surface area contributed by atoms with Gasteiger partial charge in [-0.3, -0.25) is 9.59 Å². The highest BCUT2D eigenvalue weighted by molar-refractivity contribution is 6.01. The quantitative estimate of drug-likeness (QED) is 0.443. The van der Waals surface area contributed by atoms with Crippen LogP contribution in [0.3, 0.4) is 0 Å². The number of carbonyl (C=O) groups excluding carboxylic acids is 4. The molecule has 3 N–H and O–H groups in total. The molecule has 4 fully saturated rings. The minimum absolute atomic E-state index is 0.0235. The van der Waals surface area contributed by atoms with Crippen LogP contribution in [-0.2, 0) is 19.1 Å². The number of nitrogens with one attached hydrogen (secondary N) is 1. The molecule has 0 radical (unpaired) electrons. The zero-order valence-electron chi connectivity index (χ0n) is 25.3. The van der Waals surface area contributed by atoms with E-state index in [1.54, 1.807) is 43.3 Å². The standard InChI is InChI=1S/C34H42N2O7/c1-5-43-29(41)28-25-16-24-23-12-11-20-15-22(38)13-14-31(20,2)33(23,4)26(39)17-32(24,3)34(25,27(40)18-37)19-36(28)30(42)35-21-9-7-6-8-10-21/h6-10,13-15,23-26,28,37,39H,5,11-12,16-19H2,1-4H3,(H,35,42). The summed E-state index contributed by atoms with van der Waals surface area (Å²) in [7, 11) is 0. The summed E-state index contributed by atoms with van der Waals surface area (Å²) in [5.41, 5.74) is -1.65. The van der Waals surface area contributed by atoms with Gasteiger partial charge in [0.05, 0.1) is 18.1 Å². The molecule has 9 nitrogen and oxygen atoms in total. The summed E-state index contributed by atoms with van der Waals surface area (Å²) < 4.78 is 5.52. The van der Waals surface area contributed by atoms with Gasteiger partial charge in [0.2, 0.25) is 0 Å². The van der Waals surface area contributed by atoms with Gasteiger partial charge in [0.15, 0.2) is 11.6 Å². The third-order valence-electron chi connectivity index (χ3n) is 12.5. The van der Waals surface area contributed by atoms with Crippen molar-refractivity contribution in [1.82, 2.24) is 4.90 Å². The molecule has 1 aromatic carbocycles. The molecule has 3 saturated carbocycles. The number of nitrogens with zero attached hydrogens (tertiary/aromatic N) is 1. The fraction of sp³-hybridized carbons (Fsp3) is 0.588. The first kappa shape index (κ1) is 29.8. The summed E-state index contributed by atoms with van der Waals surface area (Å²) in [6, 6.07) is 7.39. The van der Waals surface area contributed by atoms with Crippen LogP contribution >= 0.6 is 0 Å².